The van der Waals surface area contributed by atoms with Gasteiger partial charge >= 0.3 is 0 Å². The molecule has 2 aliphatic rings. The molecule has 3 heteroatoms. The second-order valence-electron chi connectivity index (χ2n) is 9.35. The Morgan fingerprint density at radius 3 is 2.21 bits per heavy atom. The zero-order valence-corrected chi connectivity index (χ0v) is 19.6. The summed E-state index contributed by atoms with van der Waals surface area (Å²) in [5, 5.41) is 4.32. The fourth-order valence-electron chi connectivity index (χ4n) is 4.81. The second kappa shape index (κ2) is 8.53. The highest BCUT2D eigenvalue weighted by atomic mass is 35.5. The molecule has 2 nitrogen and oxygen atoms in total. The van der Waals surface area contributed by atoms with Crippen LogP contribution in [0.1, 0.15) is 42.9 Å². The van der Waals surface area contributed by atoms with E-state index in [2.05, 4.69) is 43.4 Å². The van der Waals surface area contributed by atoms with Crippen molar-refractivity contribution < 1.29 is 4.79 Å². The minimum Gasteiger partial charge on any atom is -0.358 e. The molecule has 0 spiro atoms. The van der Waals surface area contributed by atoms with Gasteiger partial charge in [-0.15, -0.1) is 0 Å². The van der Waals surface area contributed by atoms with Crippen LogP contribution in [-0.2, 0) is 4.79 Å². The molecular weight excluding hydrogens is 426 g/mol. The van der Waals surface area contributed by atoms with Crippen molar-refractivity contribution in [2.45, 2.75) is 26.2 Å². The first kappa shape index (κ1) is 21.5. The van der Waals surface area contributed by atoms with Crippen LogP contribution in [-0.4, -0.2) is 5.78 Å². The molecule has 1 N–H and O–H groups in total. The Kier molecular flexibility index (Phi) is 5.55. The molecule has 3 aromatic rings. The Bertz CT molecular complexity index is 1280. The molecule has 1 unspecified atom stereocenters. The molecule has 0 amide bonds. The highest BCUT2D eigenvalue weighted by molar-refractivity contribution is 6.30. The quantitative estimate of drug-likeness (QED) is 0.420. The third-order valence-corrected chi connectivity index (χ3v) is 6.77. The maximum atomic E-state index is 14.0. The predicted octanol–water partition coefficient (Wildman–Crippen LogP) is 7.40. The molecule has 1 atom stereocenters. The van der Waals surface area contributed by atoms with Crippen LogP contribution >= 0.6 is 11.6 Å². The summed E-state index contributed by atoms with van der Waals surface area (Å²) in [6.45, 7) is 4.31. The fourth-order valence-corrected chi connectivity index (χ4v) is 4.94. The molecule has 1 heterocycles. The van der Waals surface area contributed by atoms with Crippen molar-refractivity contribution in [3.05, 3.63) is 130 Å². The van der Waals surface area contributed by atoms with Crippen molar-refractivity contribution in [2.24, 2.45) is 5.41 Å². The van der Waals surface area contributed by atoms with Crippen molar-refractivity contribution in [2.75, 3.05) is 0 Å². The standard InChI is InChI=1S/C30H26ClNO/c1-30(2)19-27-28(29(33)25(30)17-20-9-5-3-6-10-20)24(21-11-7-4-8-12-21)18-26(32-27)22-13-15-23(31)16-14-22/h3-18,24,32H,19H2,1-2H3/b25-17+. The molecule has 5 rings (SSSR count). The van der Waals surface area contributed by atoms with Gasteiger partial charge in [0.2, 0.25) is 0 Å². The SMILES string of the molecule is CC1(C)CC2=C(C(=O)/C1=C\c1ccccc1)C(c1ccccc1)C=C(c1ccc(Cl)cc1)N2. The number of allylic oxidation sites excluding steroid dienone is 4. The van der Waals surface area contributed by atoms with Crippen molar-refractivity contribution in [3.8, 4) is 0 Å². The number of halogens is 1. The summed E-state index contributed by atoms with van der Waals surface area (Å²) in [6, 6.07) is 28.2. The molecule has 0 saturated carbocycles. The Morgan fingerprint density at radius 1 is 0.909 bits per heavy atom. The summed E-state index contributed by atoms with van der Waals surface area (Å²) in [5.41, 5.74) is 6.67. The number of carbonyl (C=O) groups is 1. The van der Waals surface area contributed by atoms with Crippen LogP contribution in [0.4, 0.5) is 0 Å². The molecule has 1 aliphatic heterocycles. The van der Waals surface area contributed by atoms with Crippen LogP contribution < -0.4 is 5.32 Å². The maximum absolute atomic E-state index is 14.0. The summed E-state index contributed by atoms with van der Waals surface area (Å²) in [6.07, 6.45) is 5.00. The number of nitrogens with one attached hydrogen (secondary N) is 1. The molecular formula is C30H26ClNO. The smallest absolute Gasteiger partial charge is 0.188 e. The lowest BCUT2D eigenvalue weighted by molar-refractivity contribution is -0.113. The van der Waals surface area contributed by atoms with Crippen LogP contribution in [0.2, 0.25) is 5.02 Å². The summed E-state index contributed by atoms with van der Waals surface area (Å²) in [5.74, 6) is 0.00811. The monoisotopic (exact) mass is 451 g/mol. The molecule has 0 radical (unpaired) electrons. The van der Waals surface area contributed by atoms with E-state index < -0.39 is 0 Å². The van der Waals surface area contributed by atoms with Gasteiger partial charge in [-0.05, 0) is 52.8 Å². The average Bonchev–Trinajstić information content (AvgIpc) is 2.82. The highest BCUT2D eigenvalue weighted by Gasteiger charge is 2.42. The summed E-state index contributed by atoms with van der Waals surface area (Å²) < 4.78 is 0. The third-order valence-electron chi connectivity index (χ3n) is 6.52. The molecule has 0 saturated heterocycles. The van der Waals surface area contributed by atoms with Gasteiger partial charge in [0.15, 0.2) is 5.78 Å². The number of benzene rings is 3. The van der Waals surface area contributed by atoms with E-state index in [0.29, 0.717) is 5.02 Å². The lowest BCUT2D eigenvalue weighted by atomic mass is 9.67. The van der Waals surface area contributed by atoms with Crippen LogP contribution in [0.15, 0.2) is 108 Å². The number of ketones is 1. The molecule has 164 valence electrons. The first-order valence-corrected chi connectivity index (χ1v) is 11.6. The van der Waals surface area contributed by atoms with Gasteiger partial charge in [-0.2, -0.15) is 0 Å². The molecule has 0 aromatic heterocycles. The summed E-state index contributed by atoms with van der Waals surface area (Å²) in [4.78, 5) is 14.0. The zero-order chi connectivity index (χ0) is 23.0. The minimum absolute atomic E-state index is 0.115. The Morgan fingerprint density at radius 2 is 1.55 bits per heavy atom. The van der Waals surface area contributed by atoms with Crippen LogP contribution in [0, 0.1) is 5.41 Å². The summed E-state index contributed by atoms with van der Waals surface area (Å²) in [7, 11) is 0. The number of Topliss-reactive ketones (excluding diaryl/α,β-unsaturated/α-hetero) is 1. The van der Waals surface area contributed by atoms with Gasteiger partial charge in [0.25, 0.3) is 0 Å². The van der Waals surface area contributed by atoms with Gasteiger partial charge in [-0.1, -0.05) is 98.2 Å². The first-order chi connectivity index (χ1) is 15.9. The Balaban J connectivity index is 1.64. The van der Waals surface area contributed by atoms with Crippen LogP contribution in [0.3, 0.4) is 0 Å². The maximum Gasteiger partial charge on any atom is 0.188 e. The van der Waals surface area contributed by atoms with Gasteiger partial charge in [0.1, 0.15) is 0 Å². The van der Waals surface area contributed by atoms with Gasteiger partial charge in [0, 0.05) is 33.5 Å². The lowest BCUT2D eigenvalue weighted by Crippen LogP contribution is -2.37. The molecule has 1 aliphatic carbocycles. The van der Waals surface area contributed by atoms with E-state index in [1.165, 1.54) is 0 Å². The third kappa shape index (κ3) is 4.19. The largest absolute Gasteiger partial charge is 0.358 e. The second-order valence-corrected chi connectivity index (χ2v) is 9.79. The van der Waals surface area contributed by atoms with Crippen molar-refractivity contribution in [1.29, 1.82) is 0 Å². The van der Waals surface area contributed by atoms with E-state index in [-0.39, 0.29) is 17.1 Å². The summed E-state index contributed by atoms with van der Waals surface area (Å²) >= 11 is 6.12. The number of hydrogen-bond donors (Lipinski definition) is 1. The molecule has 0 fully saturated rings. The van der Waals surface area contributed by atoms with E-state index in [0.717, 1.165) is 45.7 Å². The molecule has 3 aromatic carbocycles. The topological polar surface area (TPSA) is 29.1 Å². The zero-order valence-electron chi connectivity index (χ0n) is 18.8. The Labute approximate surface area is 200 Å². The highest BCUT2D eigenvalue weighted by Crippen LogP contribution is 2.48. The lowest BCUT2D eigenvalue weighted by Gasteiger charge is -2.40. The van der Waals surface area contributed by atoms with E-state index in [1.54, 1.807) is 0 Å². The molecule has 33 heavy (non-hydrogen) atoms. The van der Waals surface area contributed by atoms with Crippen molar-refractivity contribution in [3.63, 3.8) is 0 Å². The number of hydrogen-bond acceptors (Lipinski definition) is 2. The van der Waals surface area contributed by atoms with Gasteiger partial charge in [-0.25, -0.2) is 0 Å². The van der Waals surface area contributed by atoms with E-state index in [9.17, 15) is 4.79 Å². The fraction of sp³-hybridized carbons (Fsp3) is 0.167. The number of dihydropyridines is 1. The van der Waals surface area contributed by atoms with E-state index in [4.69, 9.17) is 11.6 Å². The van der Waals surface area contributed by atoms with Crippen molar-refractivity contribution >= 4 is 29.2 Å². The first-order valence-electron chi connectivity index (χ1n) is 11.3. The van der Waals surface area contributed by atoms with E-state index >= 15 is 0 Å². The predicted molar refractivity (Wildman–Crippen MR) is 137 cm³/mol. The van der Waals surface area contributed by atoms with Gasteiger partial charge < -0.3 is 5.32 Å². The minimum atomic E-state index is -0.289. The van der Waals surface area contributed by atoms with Crippen molar-refractivity contribution in [1.82, 2.24) is 5.32 Å². The Hall–Kier alpha value is -3.36. The van der Waals surface area contributed by atoms with Gasteiger partial charge in [-0.3, -0.25) is 4.79 Å². The van der Waals surface area contributed by atoms with E-state index in [1.807, 2.05) is 72.8 Å². The van der Waals surface area contributed by atoms with Gasteiger partial charge in [0.05, 0.1) is 0 Å². The van der Waals surface area contributed by atoms with Crippen LogP contribution in [0.25, 0.3) is 11.8 Å². The normalized spacial score (nSPS) is 20.8. The number of rotatable bonds is 3. The molecule has 0 bridgehead atoms. The number of carbonyl (C=O) groups excluding carboxylic acids is 1. The van der Waals surface area contributed by atoms with Crippen LogP contribution in [0.5, 0.6) is 0 Å². The average molecular weight is 452 g/mol.